The Morgan fingerprint density at radius 2 is 1.90 bits per heavy atom. The lowest BCUT2D eigenvalue weighted by Crippen LogP contribution is -2.46. The van der Waals surface area contributed by atoms with Gasteiger partial charge in [0.05, 0.1) is 0 Å². The molecular weight excluding hydrogens is 255 g/mol. The molecule has 0 spiro atoms. The third kappa shape index (κ3) is 4.46. The van der Waals surface area contributed by atoms with Crippen molar-refractivity contribution in [3.63, 3.8) is 0 Å². The molecule has 0 bridgehead atoms. The van der Waals surface area contributed by atoms with E-state index in [0.717, 1.165) is 31.2 Å². The number of carbonyl (C=O) groups is 1. The molecule has 1 aliphatic rings. The van der Waals surface area contributed by atoms with Gasteiger partial charge in [-0.3, -0.25) is 4.79 Å². The molecule has 0 radical (unpaired) electrons. The van der Waals surface area contributed by atoms with Crippen LogP contribution in [0.15, 0.2) is 30.3 Å². The quantitative estimate of drug-likeness (QED) is 0.658. The predicted molar refractivity (Wildman–Crippen MR) is 78.4 cm³/mol. The van der Waals surface area contributed by atoms with Crippen molar-refractivity contribution in [1.82, 2.24) is 5.32 Å². The molecule has 3 nitrogen and oxygen atoms in total. The molecule has 2 atom stereocenters. The monoisotopic (exact) mass is 276 g/mol. The zero-order chi connectivity index (χ0) is 14.4. The third-order valence-corrected chi connectivity index (χ3v) is 3.69. The molecule has 108 valence electrons. The first kappa shape index (κ1) is 14.7. The van der Waals surface area contributed by atoms with Crippen LogP contribution >= 0.6 is 0 Å². The average Bonchev–Trinajstić information content (AvgIpc) is 2.64. The Balaban J connectivity index is 1.89. The van der Waals surface area contributed by atoms with Crippen LogP contribution in [0.2, 0.25) is 0 Å². The molecule has 3 N–H and O–H groups in total. The van der Waals surface area contributed by atoms with E-state index in [9.17, 15) is 9.18 Å². The minimum Gasteiger partial charge on any atom is -0.348 e. The van der Waals surface area contributed by atoms with Crippen LogP contribution in [-0.2, 0) is 4.79 Å². The lowest BCUT2D eigenvalue weighted by atomic mass is 10.0. The van der Waals surface area contributed by atoms with Crippen molar-refractivity contribution >= 4 is 12.0 Å². The van der Waals surface area contributed by atoms with Crippen molar-refractivity contribution in [1.29, 1.82) is 0 Å². The van der Waals surface area contributed by atoms with Gasteiger partial charge in [0.1, 0.15) is 5.82 Å². The second-order valence-corrected chi connectivity index (χ2v) is 5.30. The zero-order valence-electron chi connectivity index (χ0n) is 11.5. The minimum absolute atomic E-state index is 0.0423. The Hall–Kier alpha value is -1.68. The van der Waals surface area contributed by atoms with Crippen molar-refractivity contribution in [3.8, 4) is 0 Å². The number of halogens is 1. The molecule has 0 saturated heterocycles. The Morgan fingerprint density at radius 1 is 1.20 bits per heavy atom. The summed E-state index contributed by atoms with van der Waals surface area (Å²) >= 11 is 0. The van der Waals surface area contributed by atoms with Crippen LogP contribution in [0, 0.1) is 5.82 Å². The lowest BCUT2D eigenvalue weighted by molar-refractivity contribution is -0.117. The largest absolute Gasteiger partial charge is 0.348 e. The molecule has 1 aromatic carbocycles. The van der Waals surface area contributed by atoms with E-state index >= 15 is 0 Å². The van der Waals surface area contributed by atoms with Crippen LogP contribution in [0.25, 0.3) is 6.08 Å². The van der Waals surface area contributed by atoms with E-state index in [1.54, 1.807) is 18.2 Å². The molecular formula is C16H21FN2O. The summed E-state index contributed by atoms with van der Waals surface area (Å²) in [6.45, 7) is 0. The summed E-state index contributed by atoms with van der Waals surface area (Å²) in [6, 6.07) is 6.12. The molecule has 1 fully saturated rings. The van der Waals surface area contributed by atoms with E-state index in [1.165, 1.54) is 24.6 Å². The van der Waals surface area contributed by atoms with Crippen molar-refractivity contribution < 1.29 is 9.18 Å². The number of nitrogens with one attached hydrogen (secondary N) is 1. The minimum atomic E-state index is -0.281. The van der Waals surface area contributed by atoms with E-state index in [0.29, 0.717) is 0 Å². The van der Waals surface area contributed by atoms with Crippen LogP contribution in [0.1, 0.15) is 37.7 Å². The van der Waals surface area contributed by atoms with Crippen molar-refractivity contribution in [2.45, 2.75) is 44.2 Å². The highest BCUT2D eigenvalue weighted by Gasteiger charge is 2.20. The van der Waals surface area contributed by atoms with E-state index in [-0.39, 0.29) is 23.8 Å². The van der Waals surface area contributed by atoms with Gasteiger partial charge >= 0.3 is 0 Å². The summed E-state index contributed by atoms with van der Waals surface area (Å²) < 4.78 is 12.8. The summed E-state index contributed by atoms with van der Waals surface area (Å²) in [7, 11) is 0. The second-order valence-electron chi connectivity index (χ2n) is 5.30. The first-order chi connectivity index (χ1) is 9.65. The smallest absolute Gasteiger partial charge is 0.244 e. The molecule has 1 aromatic rings. The van der Waals surface area contributed by atoms with E-state index in [2.05, 4.69) is 5.32 Å². The van der Waals surface area contributed by atoms with Crippen LogP contribution in [0.3, 0.4) is 0 Å². The summed E-state index contributed by atoms with van der Waals surface area (Å²) in [6.07, 6.45) is 8.50. The van der Waals surface area contributed by atoms with Gasteiger partial charge < -0.3 is 11.1 Å². The van der Waals surface area contributed by atoms with E-state index < -0.39 is 0 Å². The van der Waals surface area contributed by atoms with E-state index in [4.69, 9.17) is 5.73 Å². The fraction of sp³-hybridized carbons (Fsp3) is 0.438. The van der Waals surface area contributed by atoms with Gasteiger partial charge in [0.15, 0.2) is 0 Å². The van der Waals surface area contributed by atoms with Crippen molar-refractivity contribution in [2.24, 2.45) is 5.73 Å². The number of nitrogens with two attached hydrogens (primary N) is 1. The Labute approximate surface area is 119 Å². The molecule has 0 aliphatic heterocycles. The number of carbonyl (C=O) groups excluding carboxylic acids is 1. The van der Waals surface area contributed by atoms with Crippen molar-refractivity contribution in [3.05, 3.63) is 41.7 Å². The SMILES string of the molecule is NC1CCCCCC1NC(=O)C=Cc1ccc(F)cc1. The topological polar surface area (TPSA) is 55.1 Å². The average molecular weight is 276 g/mol. The molecule has 2 unspecified atom stereocenters. The maximum atomic E-state index is 12.8. The zero-order valence-corrected chi connectivity index (χ0v) is 11.5. The second kappa shape index (κ2) is 7.20. The molecule has 2 rings (SSSR count). The maximum absolute atomic E-state index is 12.8. The van der Waals surface area contributed by atoms with Gasteiger partial charge in [-0.15, -0.1) is 0 Å². The fourth-order valence-electron chi connectivity index (χ4n) is 2.49. The fourth-order valence-corrected chi connectivity index (χ4v) is 2.49. The van der Waals surface area contributed by atoms with Gasteiger partial charge in [-0.2, -0.15) is 0 Å². The number of rotatable bonds is 3. The number of hydrogen-bond acceptors (Lipinski definition) is 2. The maximum Gasteiger partial charge on any atom is 0.244 e. The first-order valence-electron chi connectivity index (χ1n) is 7.15. The first-order valence-corrected chi connectivity index (χ1v) is 7.15. The number of hydrogen-bond donors (Lipinski definition) is 2. The van der Waals surface area contributed by atoms with Crippen LogP contribution in [-0.4, -0.2) is 18.0 Å². The highest BCUT2D eigenvalue weighted by atomic mass is 19.1. The molecule has 0 aromatic heterocycles. The van der Waals surface area contributed by atoms with Gasteiger partial charge in [0, 0.05) is 18.2 Å². The molecule has 1 saturated carbocycles. The number of benzene rings is 1. The molecule has 20 heavy (non-hydrogen) atoms. The Morgan fingerprint density at radius 3 is 2.65 bits per heavy atom. The molecule has 1 aliphatic carbocycles. The van der Waals surface area contributed by atoms with Gasteiger partial charge in [-0.1, -0.05) is 31.4 Å². The van der Waals surface area contributed by atoms with Gasteiger partial charge in [0.25, 0.3) is 0 Å². The summed E-state index contributed by atoms with van der Waals surface area (Å²) in [4.78, 5) is 11.9. The predicted octanol–water partition coefficient (Wildman–Crippen LogP) is 2.62. The highest BCUT2D eigenvalue weighted by Crippen LogP contribution is 2.16. The summed E-state index contributed by atoms with van der Waals surface area (Å²) in [5, 5.41) is 2.97. The number of amides is 1. The van der Waals surface area contributed by atoms with Crippen LogP contribution in [0.4, 0.5) is 4.39 Å². The normalized spacial score (nSPS) is 23.5. The summed E-state index contributed by atoms with van der Waals surface area (Å²) in [5.41, 5.74) is 6.87. The molecule has 4 heteroatoms. The van der Waals surface area contributed by atoms with Gasteiger partial charge in [-0.25, -0.2) is 4.39 Å². The Kier molecular flexibility index (Phi) is 5.30. The molecule has 0 heterocycles. The van der Waals surface area contributed by atoms with Gasteiger partial charge in [0.2, 0.25) is 5.91 Å². The van der Waals surface area contributed by atoms with Crippen LogP contribution < -0.4 is 11.1 Å². The lowest BCUT2D eigenvalue weighted by Gasteiger charge is -2.21. The molecule has 1 amide bonds. The van der Waals surface area contributed by atoms with Gasteiger partial charge in [-0.05, 0) is 36.6 Å². The highest BCUT2D eigenvalue weighted by molar-refractivity contribution is 5.91. The standard InChI is InChI=1S/C16H21FN2O/c17-13-9-6-12(7-10-13)8-11-16(20)19-15-5-3-1-2-4-14(15)18/h6-11,14-15H,1-5,18H2,(H,19,20). The van der Waals surface area contributed by atoms with Crippen molar-refractivity contribution in [2.75, 3.05) is 0 Å². The Bertz CT molecular complexity index is 470. The third-order valence-electron chi connectivity index (χ3n) is 3.69. The van der Waals surface area contributed by atoms with E-state index in [1.807, 2.05) is 0 Å². The summed E-state index contributed by atoms with van der Waals surface area (Å²) in [5.74, 6) is -0.423. The van der Waals surface area contributed by atoms with Crippen LogP contribution in [0.5, 0.6) is 0 Å².